The zero-order valence-electron chi connectivity index (χ0n) is 16.4. The van der Waals surface area contributed by atoms with Gasteiger partial charge in [-0.1, -0.05) is 59.8 Å². The molecule has 0 aliphatic carbocycles. The summed E-state index contributed by atoms with van der Waals surface area (Å²) in [5.74, 6) is 1.31. The highest BCUT2D eigenvalue weighted by Crippen LogP contribution is 2.33. The molecule has 2 heterocycles. The Hall–Kier alpha value is -2.60. The van der Waals surface area contributed by atoms with Crippen molar-refractivity contribution >= 4 is 23.4 Å². The van der Waals surface area contributed by atoms with Crippen molar-refractivity contribution in [1.82, 2.24) is 14.8 Å². The molecule has 0 N–H and O–H groups in total. The van der Waals surface area contributed by atoms with E-state index in [4.69, 9.17) is 0 Å². The fraction of sp³-hybridized carbons (Fsp3) is 0.318. The molecule has 1 amide bonds. The number of rotatable bonds is 5. The average molecular weight is 393 g/mol. The Kier molecular flexibility index (Phi) is 5.22. The molecule has 0 saturated carbocycles. The Bertz CT molecular complexity index is 996. The maximum absolute atomic E-state index is 13.0. The van der Waals surface area contributed by atoms with E-state index >= 15 is 0 Å². The first-order valence-electron chi connectivity index (χ1n) is 9.61. The number of aryl methyl sites for hydroxylation is 1. The Morgan fingerprint density at radius 2 is 1.89 bits per heavy atom. The number of fused-ring (bicyclic) bond motifs is 1. The van der Waals surface area contributed by atoms with Crippen LogP contribution >= 0.6 is 11.8 Å². The lowest BCUT2D eigenvalue weighted by Gasteiger charge is -2.22. The molecule has 1 aromatic heterocycles. The van der Waals surface area contributed by atoms with Crippen LogP contribution in [0.1, 0.15) is 25.0 Å². The van der Waals surface area contributed by atoms with Gasteiger partial charge in [0.25, 0.3) is 0 Å². The third-order valence-corrected chi connectivity index (χ3v) is 6.10. The van der Waals surface area contributed by atoms with Crippen LogP contribution in [0, 0.1) is 6.92 Å². The predicted molar refractivity (Wildman–Crippen MR) is 114 cm³/mol. The van der Waals surface area contributed by atoms with Gasteiger partial charge in [-0.05, 0) is 38.8 Å². The van der Waals surface area contributed by atoms with Crippen molar-refractivity contribution in [1.29, 1.82) is 0 Å². The van der Waals surface area contributed by atoms with Crippen LogP contribution in [0.25, 0.3) is 11.4 Å². The van der Waals surface area contributed by atoms with Crippen LogP contribution in [0.15, 0.2) is 53.7 Å². The van der Waals surface area contributed by atoms with Crippen molar-refractivity contribution in [2.75, 3.05) is 10.7 Å². The number of aromatic nitrogens is 3. The van der Waals surface area contributed by atoms with Crippen LogP contribution in [0.4, 0.5) is 5.69 Å². The van der Waals surface area contributed by atoms with Gasteiger partial charge >= 0.3 is 0 Å². The molecular formula is C22H24N4OS. The third kappa shape index (κ3) is 3.44. The summed E-state index contributed by atoms with van der Waals surface area (Å²) in [6, 6.07) is 16.6. The van der Waals surface area contributed by atoms with E-state index in [0.29, 0.717) is 5.75 Å². The molecule has 28 heavy (non-hydrogen) atoms. The highest BCUT2D eigenvalue weighted by molar-refractivity contribution is 7.99. The lowest BCUT2D eigenvalue weighted by Crippen LogP contribution is -2.37. The largest absolute Gasteiger partial charge is 0.308 e. The fourth-order valence-corrected chi connectivity index (χ4v) is 4.60. The van der Waals surface area contributed by atoms with E-state index < -0.39 is 0 Å². The molecule has 2 aromatic carbocycles. The number of carbonyl (C=O) groups is 1. The number of hydrogen-bond acceptors (Lipinski definition) is 4. The second-order valence-electron chi connectivity index (χ2n) is 7.15. The first-order chi connectivity index (χ1) is 13.6. The standard InChI is InChI=1S/C22H24N4OS/c1-4-25-21(17-11-9-15(2)10-12-17)23-24-22(25)28-14-20(27)26-16(3)13-18-7-5-6-8-19(18)26/h5-12,16H,4,13-14H2,1-3H3. The molecule has 3 aromatic rings. The first kappa shape index (κ1) is 18.7. The van der Waals surface area contributed by atoms with E-state index in [0.717, 1.165) is 35.2 Å². The third-order valence-electron chi connectivity index (χ3n) is 5.14. The second-order valence-corrected chi connectivity index (χ2v) is 8.09. The quantitative estimate of drug-likeness (QED) is 0.606. The van der Waals surface area contributed by atoms with Crippen LogP contribution in [0.2, 0.25) is 0 Å². The summed E-state index contributed by atoms with van der Waals surface area (Å²) in [6.45, 7) is 7.01. The molecule has 5 nitrogen and oxygen atoms in total. The molecule has 6 heteroatoms. The van der Waals surface area contributed by atoms with Crippen molar-refractivity contribution in [2.45, 2.75) is 44.9 Å². The molecule has 0 spiro atoms. The molecule has 0 fully saturated rings. The summed E-state index contributed by atoms with van der Waals surface area (Å²) < 4.78 is 2.07. The summed E-state index contributed by atoms with van der Waals surface area (Å²) in [5, 5.41) is 9.52. The van der Waals surface area contributed by atoms with E-state index in [-0.39, 0.29) is 11.9 Å². The van der Waals surface area contributed by atoms with E-state index in [1.165, 1.54) is 22.9 Å². The Morgan fingerprint density at radius 3 is 2.64 bits per heavy atom. The first-order valence-corrected chi connectivity index (χ1v) is 10.6. The van der Waals surface area contributed by atoms with Gasteiger partial charge in [-0.15, -0.1) is 10.2 Å². The van der Waals surface area contributed by atoms with Gasteiger partial charge in [-0.2, -0.15) is 0 Å². The van der Waals surface area contributed by atoms with Crippen LogP contribution < -0.4 is 4.90 Å². The van der Waals surface area contributed by atoms with E-state index in [1.807, 2.05) is 23.1 Å². The van der Waals surface area contributed by atoms with Crippen molar-refractivity contribution < 1.29 is 4.79 Å². The molecule has 0 bridgehead atoms. The zero-order valence-corrected chi connectivity index (χ0v) is 17.2. The number of nitrogens with zero attached hydrogens (tertiary/aromatic N) is 4. The maximum atomic E-state index is 13.0. The van der Waals surface area contributed by atoms with Crippen LogP contribution in [0.3, 0.4) is 0 Å². The summed E-state index contributed by atoms with van der Waals surface area (Å²) in [7, 11) is 0. The summed E-state index contributed by atoms with van der Waals surface area (Å²) in [4.78, 5) is 14.9. The molecule has 1 aliphatic heterocycles. The van der Waals surface area contributed by atoms with Gasteiger partial charge in [0.1, 0.15) is 0 Å². The lowest BCUT2D eigenvalue weighted by atomic mass is 10.1. The summed E-state index contributed by atoms with van der Waals surface area (Å²) >= 11 is 1.46. The van der Waals surface area contributed by atoms with Gasteiger partial charge in [0.2, 0.25) is 5.91 Å². The molecule has 1 atom stereocenters. The highest BCUT2D eigenvalue weighted by Gasteiger charge is 2.30. The number of hydrogen-bond donors (Lipinski definition) is 0. The number of para-hydroxylation sites is 1. The minimum absolute atomic E-state index is 0.116. The SMILES string of the molecule is CCn1c(SCC(=O)N2c3ccccc3CC2C)nnc1-c1ccc(C)cc1. The number of anilines is 1. The van der Waals surface area contributed by atoms with Crippen molar-refractivity contribution in [3.63, 3.8) is 0 Å². The smallest absolute Gasteiger partial charge is 0.237 e. The Labute approximate surface area is 169 Å². The number of thioether (sulfide) groups is 1. The normalized spacial score (nSPS) is 15.7. The van der Waals surface area contributed by atoms with Crippen molar-refractivity contribution in [3.05, 3.63) is 59.7 Å². The van der Waals surface area contributed by atoms with Gasteiger partial charge in [0.15, 0.2) is 11.0 Å². The average Bonchev–Trinajstić information content (AvgIpc) is 3.26. The fourth-order valence-electron chi connectivity index (χ4n) is 3.74. The topological polar surface area (TPSA) is 51.0 Å². The summed E-state index contributed by atoms with van der Waals surface area (Å²) in [5.41, 5.74) is 4.54. The van der Waals surface area contributed by atoms with E-state index in [9.17, 15) is 4.79 Å². The van der Waals surface area contributed by atoms with Crippen molar-refractivity contribution in [3.8, 4) is 11.4 Å². The van der Waals surface area contributed by atoms with Crippen LogP contribution in [-0.4, -0.2) is 32.5 Å². The monoisotopic (exact) mass is 392 g/mol. The van der Waals surface area contributed by atoms with Gasteiger partial charge < -0.3 is 9.47 Å². The molecule has 4 rings (SSSR count). The Morgan fingerprint density at radius 1 is 1.14 bits per heavy atom. The molecule has 0 radical (unpaired) electrons. The molecule has 1 aliphatic rings. The number of carbonyl (C=O) groups excluding carboxylic acids is 1. The summed E-state index contributed by atoms with van der Waals surface area (Å²) in [6.07, 6.45) is 0.912. The maximum Gasteiger partial charge on any atom is 0.237 e. The second kappa shape index (κ2) is 7.80. The minimum Gasteiger partial charge on any atom is -0.308 e. The van der Waals surface area contributed by atoms with Crippen LogP contribution in [0.5, 0.6) is 0 Å². The number of benzene rings is 2. The highest BCUT2D eigenvalue weighted by atomic mass is 32.2. The van der Waals surface area contributed by atoms with E-state index in [1.54, 1.807) is 0 Å². The minimum atomic E-state index is 0.116. The predicted octanol–water partition coefficient (Wildman–Crippen LogP) is 4.34. The Balaban J connectivity index is 1.51. The van der Waals surface area contributed by atoms with Gasteiger partial charge in [0, 0.05) is 23.8 Å². The molecule has 1 unspecified atom stereocenters. The molecular weight excluding hydrogens is 368 g/mol. The van der Waals surface area contributed by atoms with Gasteiger partial charge in [-0.3, -0.25) is 4.79 Å². The van der Waals surface area contributed by atoms with Gasteiger partial charge in [0.05, 0.1) is 5.75 Å². The molecule has 0 saturated heterocycles. The van der Waals surface area contributed by atoms with E-state index in [2.05, 4.69) is 65.9 Å². The zero-order chi connectivity index (χ0) is 19.7. The van der Waals surface area contributed by atoms with Crippen LogP contribution in [-0.2, 0) is 17.8 Å². The van der Waals surface area contributed by atoms with Gasteiger partial charge in [-0.25, -0.2) is 0 Å². The molecule has 144 valence electrons. The van der Waals surface area contributed by atoms with Crippen molar-refractivity contribution in [2.24, 2.45) is 0 Å². The number of amides is 1. The lowest BCUT2D eigenvalue weighted by molar-refractivity contribution is -0.116.